The fourth-order valence-corrected chi connectivity index (χ4v) is 3.78. The molecule has 27 heavy (non-hydrogen) atoms. The summed E-state index contributed by atoms with van der Waals surface area (Å²) in [7, 11) is 0. The van der Waals surface area contributed by atoms with E-state index in [1.54, 1.807) is 0 Å². The SMILES string of the molecule is CCN1CCN(c2nc3c(c(Nc4ccc(C)cc4)n2)C(=O)CCC3)CC1. The number of anilines is 3. The predicted octanol–water partition coefficient (Wildman–Crippen LogP) is 3.19. The Morgan fingerprint density at radius 2 is 1.78 bits per heavy atom. The van der Waals surface area contributed by atoms with E-state index in [4.69, 9.17) is 9.97 Å². The number of carbonyl (C=O) groups excluding carboxylic acids is 1. The number of hydrogen-bond donors (Lipinski definition) is 1. The summed E-state index contributed by atoms with van der Waals surface area (Å²) in [6, 6.07) is 8.17. The molecule has 0 spiro atoms. The van der Waals surface area contributed by atoms with E-state index in [9.17, 15) is 4.79 Å². The monoisotopic (exact) mass is 365 g/mol. The Kier molecular flexibility index (Phi) is 5.07. The highest BCUT2D eigenvalue weighted by molar-refractivity contribution is 6.03. The van der Waals surface area contributed by atoms with Crippen molar-refractivity contribution in [3.05, 3.63) is 41.1 Å². The molecule has 2 aliphatic rings. The number of piperazine rings is 1. The van der Waals surface area contributed by atoms with E-state index in [0.29, 0.717) is 17.8 Å². The molecule has 6 heteroatoms. The summed E-state index contributed by atoms with van der Waals surface area (Å²) in [5, 5.41) is 3.38. The predicted molar refractivity (Wildman–Crippen MR) is 108 cm³/mol. The Morgan fingerprint density at radius 1 is 1.04 bits per heavy atom. The van der Waals surface area contributed by atoms with Crippen LogP contribution in [0.2, 0.25) is 0 Å². The van der Waals surface area contributed by atoms with Gasteiger partial charge in [0.25, 0.3) is 0 Å². The van der Waals surface area contributed by atoms with Crippen LogP contribution in [0, 0.1) is 6.92 Å². The van der Waals surface area contributed by atoms with Crippen LogP contribution in [0.15, 0.2) is 24.3 Å². The minimum atomic E-state index is 0.146. The van der Waals surface area contributed by atoms with Gasteiger partial charge in [0.15, 0.2) is 5.78 Å². The van der Waals surface area contributed by atoms with Crippen molar-refractivity contribution in [3.63, 3.8) is 0 Å². The van der Waals surface area contributed by atoms with Crippen LogP contribution in [0.4, 0.5) is 17.5 Å². The van der Waals surface area contributed by atoms with Gasteiger partial charge in [-0.3, -0.25) is 4.79 Å². The second-order valence-corrected chi connectivity index (χ2v) is 7.38. The molecule has 1 aliphatic carbocycles. The molecule has 2 aromatic rings. The zero-order chi connectivity index (χ0) is 18.8. The summed E-state index contributed by atoms with van der Waals surface area (Å²) in [6.07, 6.45) is 2.29. The lowest BCUT2D eigenvalue weighted by Gasteiger charge is -2.34. The summed E-state index contributed by atoms with van der Waals surface area (Å²) >= 11 is 0. The normalized spacial score (nSPS) is 17.7. The topological polar surface area (TPSA) is 61.4 Å². The van der Waals surface area contributed by atoms with Gasteiger partial charge in [0.2, 0.25) is 5.95 Å². The van der Waals surface area contributed by atoms with E-state index in [-0.39, 0.29) is 5.78 Å². The van der Waals surface area contributed by atoms with Crippen LogP contribution in [0.5, 0.6) is 0 Å². The highest BCUT2D eigenvalue weighted by Gasteiger charge is 2.27. The van der Waals surface area contributed by atoms with Crippen LogP contribution in [-0.2, 0) is 6.42 Å². The lowest BCUT2D eigenvalue weighted by atomic mass is 9.95. The van der Waals surface area contributed by atoms with Crippen molar-refractivity contribution in [1.29, 1.82) is 0 Å². The smallest absolute Gasteiger partial charge is 0.227 e. The molecule has 1 aromatic heterocycles. The molecule has 1 N–H and O–H groups in total. The number of benzene rings is 1. The van der Waals surface area contributed by atoms with E-state index >= 15 is 0 Å². The first-order chi connectivity index (χ1) is 13.1. The number of nitrogens with zero attached hydrogens (tertiary/aromatic N) is 4. The molecule has 2 heterocycles. The molecule has 1 aliphatic heterocycles. The molecule has 0 amide bonds. The van der Waals surface area contributed by atoms with Crippen molar-refractivity contribution in [2.24, 2.45) is 0 Å². The third-order valence-corrected chi connectivity index (χ3v) is 5.49. The van der Waals surface area contributed by atoms with Crippen LogP contribution < -0.4 is 10.2 Å². The van der Waals surface area contributed by atoms with E-state index in [1.165, 1.54) is 5.56 Å². The van der Waals surface area contributed by atoms with Crippen molar-refractivity contribution in [1.82, 2.24) is 14.9 Å². The first kappa shape index (κ1) is 17.9. The van der Waals surface area contributed by atoms with Gasteiger partial charge in [-0.15, -0.1) is 0 Å². The van der Waals surface area contributed by atoms with E-state index in [0.717, 1.165) is 62.9 Å². The van der Waals surface area contributed by atoms with Crippen LogP contribution in [0.25, 0.3) is 0 Å². The van der Waals surface area contributed by atoms with Crippen molar-refractivity contribution in [3.8, 4) is 0 Å². The molecule has 0 atom stereocenters. The van der Waals surface area contributed by atoms with E-state index in [2.05, 4.69) is 41.1 Å². The first-order valence-electron chi connectivity index (χ1n) is 9.89. The van der Waals surface area contributed by atoms with Gasteiger partial charge in [0, 0.05) is 38.3 Å². The zero-order valence-corrected chi connectivity index (χ0v) is 16.2. The largest absolute Gasteiger partial charge is 0.339 e. The maximum absolute atomic E-state index is 12.6. The molecular formula is C21H27N5O. The summed E-state index contributed by atoms with van der Waals surface area (Å²) in [4.78, 5) is 26.8. The highest BCUT2D eigenvalue weighted by Crippen LogP contribution is 2.30. The van der Waals surface area contributed by atoms with Crippen LogP contribution in [-0.4, -0.2) is 53.4 Å². The summed E-state index contributed by atoms with van der Waals surface area (Å²) in [6.45, 7) is 9.23. The van der Waals surface area contributed by atoms with Gasteiger partial charge in [0.05, 0.1) is 11.3 Å². The van der Waals surface area contributed by atoms with Gasteiger partial charge >= 0.3 is 0 Å². The van der Waals surface area contributed by atoms with Gasteiger partial charge in [-0.25, -0.2) is 4.98 Å². The van der Waals surface area contributed by atoms with Gasteiger partial charge in [-0.05, 0) is 38.4 Å². The Morgan fingerprint density at radius 3 is 2.48 bits per heavy atom. The molecule has 0 bridgehead atoms. The summed E-state index contributed by atoms with van der Waals surface area (Å²) in [5.41, 5.74) is 3.72. The van der Waals surface area contributed by atoms with E-state index < -0.39 is 0 Å². The van der Waals surface area contributed by atoms with Crippen molar-refractivity contribution in [2.75, 3.05) is 42.9 Å². The number of hydrogen-bond acceptors (Lipinski definition) is 6. The summed E-state index contributed by atoms with van der Waals surface area (Å²) < 4.78 is 0. The lowest BCUT2D eigenvalue weighted by molar-refractivity contribution is 0.0972. The van der Waals surface area contributed by atoms with Crippen molar-refractivity contribution >= 4 is 23.2 Å². The second-order valence-electron chi connectivity index (χ2n) is 7.38. The third kappa shape index (κ3) is 3.81. The highest BCUT2D eigenvalue weighted by atomic mass is 16.1. The quantitative estimate of drug-likeness (QED) is 0.898. The second kappa shape index (κ2) is 7.64. The Hall–Kier alpha value is -2.47. The Labute approximate surface area is 160 Å². The first-order valence-corrected chi connectivity index (χ1v) is 9.89. The van der Waals surface area contributed by atoms with Crippen LogP contribution in [0.1, 0.15) is 41.4 Å². The number of rotatable bonds is 4. The number of likely N-dealkylation sites (N-methyl/N-ethyl adjacent to an activating group) is 1. The van der Waals surface area contributed by atoms with Gasteiger partial charge in [0.1, 0.15) is 5.82 Å². The maximum atomic E-state index is 12.6. The van der Waals surface area contributed by atoms with E-state index in [1.807, 2.05) is 12.1 Å². The van der Waals surface area contributed by atoms with Crippen LogP contribution >= 0.6 is 0 Å². The van der Waals surface area contributed by atoms with Gasteiger partial charge < -0.3 is 15.1 Å². The Bertz CT molecular complexity index is 825. The molecule has 142 valence electrons. The summed E-state index contributed by atoms with van der Waals surface area (Å²) in [5.74, 6) is 1.54. The number of aromatic nitrogens is 2. The number of fused-ring (bicyclic) bond motifs is 1. The number of Topliss-reactive ketones (excluding diaryl/α,β-unsaturated/α-hetero) is 1. The standard InChI is InChI=1S/C21H27N5O/c1-3-25-11-13-26(14-12-25)21-23-17-5-4-6-18(27)19(17)20(24-21)22-16-9-7-15(2)8-10-16/h7-10H,3-6,11-14H2,1-2H3,(H,22,23,24). The molecule has 0 unspecified atom stereocenters. The maximum Gasteiger partial charge on any atom is 0.227 e. The van der Waals surface area contributed by atoms with Crippen molar-refractivity contribution in [2.45, 2.75) is 33.1 Å². The number of aryl methyl sites for hydroxylation is 2. The molecule has 1 saturated heterocycles. The third-order valence-electron chi connectivity index (χ3n) is 5.49. The lowest BCUT2D eigenvalue weighted by Crippen LogP contribution is -2.47. The molecule has 1 fully saturated rings. The number of ketones is 1. The zero-order valence-electron chi connectivity index (χ0n) is 16.2. The Balaban J connectivity index is 1.67. The minimum Gasteiger partial charge on any atom is -0.339 e. The number of nitrogens with one attached hydrogen (secondary N) is 1. The van der Waals surface area contributed by atoms with Crippen molar-refractivity contribution < 1.29 is 4.79 Å². The number of carbonyl (C=O) groups is 1. The molecule has 4 rings (SSSR count). The molecule has 0 radical (unpaired) electrons. The average Bonchev–Trinajstić information content (AvgIpc) is 2.69. The molecule has 0 saturated carbocycles. The van der Waals surface area contributed by atoms with Gasteiger partial charge in [-0.1, -0.05) is 24.6 Å². The average molecular weight is 365 g/mol. The van der Waals surface area contributed by atoms with Gasteiger partial charge in [-0.2, -0.15) is 4.98 Å². The minimum absolute atomic E-state index is 0.146. The molecule has 1 aromatic carbocycles. The molecular weight excluding hydrogens is 338 g/mol. The molecule has 6 nitrogen and oxygen atoms in total. The van der Waals surface area contributed by atoms with Crippen LogP contribution in [0.3, 0.4) is 0 Å². The fourth-order valence-electron chi connectivity index (χ4n) is 3.78. The fraction of sp³-hybridized carbons (Fsp3) is 0.476.